The Morgan fingerprint density at radius 1 is 1.00 bits per heavy atom. The summed E-state index contributed by atoms with van der Waals surface area (Å²) in [6.45, 7) is 1.87. The van der Waals surface area contributed by atoms with Crippen LogP contribution in [0.4, 0.5) is 5.69 Å². The molecule has 5 rings (SSSR count). The molecule has 1 aliphatic heterocycles. The Labute approximate surface area is 161 Å². The summed E-state index contributed by atoms with van der Waals surface area (Å²) in [6, 6.07) is 15.1. The van der Waals surface area contributed by atoms with Crippen LogP contribution in [0.15, 0.2) is 77.2 Å². The summed E-state index contributed by atoms with van der Waals surface area (Å²) >= 11 is 0. The third-order valence-electron chi connectivity index (χ3n) is 6.27. The molecule has 4 heteroatoms. The topological polar surface area (TPSA) is 37.4 Å². The highest BCUT2D eigenvalue weighted by Gasteiger charge is 2.46. The van der Waals surface area contributed by atoms with E-state index in [1.165, 1.54) is 5.57 Å². The molecule has 0 bridgehead atoms. The monoisotopic (exact) mass is 377 g/mol. The van der Waals surface area contributed by atoms with Crippen molar-refractivity contribution in [3.05, 3.63) is 83.5 Å². The molecule has 0 N–H and O–H groups in total. The van der Waals surface area contributed by atoms with E-state index in [0.717, 1.165) is 36.1 Å². The van der Waals surface area contributed by atoms with Gasteiger partial charge in [-0.25, -0.2) is 8.42 Å². The summed E-state index contributed by atoms with van der Waals surface area (Å²) in [5.41, 5.74) is 4.23. The van der Waals surface area contributed by atoms with Crippen LogP contribution in [-0.4, -0.2) is 14.5 Å². The summed E-state index contributed by atoms with van der Waals surface area (Å²) in [4.78, 5) is 0.403. The molecule has 0 saturated heterocycles. The number of allylic oxidation sites excluding steroid dienone is 3. The van der Waals surface area contributed by atoms with Gasteiger partial charge in [-0.2, -0.15) is 0 Å². The van der Waals surface area contributed by atoms with E-state index in [2.05, 4.69) is 24.3 Å². The van der Waals surface area contributed by atoms with Gasteiger partial charge in [0.05, 0.1) is 16.6 Å². The van der Waals surface area contributed by atoms with E-state index in [4.69, 9.17) is 0 Å². The first-order valence-corrected chi connectivity index (χ1v) is 11.1. The minimum Gasteiger partial charge on any atom is -0.259 e. The van der Waals surface area contributed by atoms with Gasteiger partial charge in [0.1, 0.15) is 0 Å². The number of benzene rings is 2. The number of anilines is 1. The minimum atomic E-state index is -3.64. The molecule has 0 fully saturated rings. The number of sulfonamides is 1. The molecule has 0 aromatic heterocycles. The van der Waals surface area contributed by atoms with Gasteiger partial charge >= 0.3 is 0 Å². The Kier molecular flexibility index (Phi) is 3.80. The van der Waals surface area contributed by atoms with Gasteiger partial charge in [-0.15, -0.1) is 0 Å². The molecule has 0 amide bonds. The fraction of sp³-hybridized carbons (Fsp3) is 0.304. The second-order valence-corrected chi connectivity index (χ2v) is 9.57. The van der Waals surface area contributed by atoms with Crippen LogP contribution in [0, 0.1) is 18.8 Å². The number of nitrogens with zero attached hydrogens (tertiary/aromatic N) is 1. The first-order valence-electron chi connectivity index (χ1n) is 9.62. The molecule has 2 aliphatic carbocycles. The smallest absolute Gasteiger partial charge is 0.259 e. The summed E-state index contributed by atoms with van der Waals surface area (Å²) in [5.74, 6) is 0.650. The van der Waals surface area contributed by atoms with E-state index in [1.807, 2.05) is 37.3 Å². The number of para-hydroxylation sites is 1. The maximum Gasteiger partial charge on any atom is 0.265 e. The van der Waals surface area contributed by atoms with Gasteiger partial charge < -0.3 is 0 Å². The van der Waals surface area contributed by atoms with Crippen LogP contribution in [-0.2, 0) is 16.4 Å². The van der Waals surface area contributed by atoms with E-state index in [-0.39, 0.29) is 12.0 Å². The van der Waals surface area contributed by atoms with Crippen molar-refractivity contribution in [2.24, 2.45) is 11.8 Å². The lowest BCUT2D eigenvalue weighted by atomic mass is 9.75. The first kappa shape index (κ1) is 16.8. The van der Waals surface area contributed by atoms with Crippen LogP contribution < -0.4 is 4.31 Å². The van der Waals surface area contributed by atoms with Gasteiger partial charge in [0.15, 0.2) is 0 Å². The zero-order valence-electron chi connectivity index (χ0n) is 15.4. The molecule has 1 heterocycles. The Morgan fingerprint density at radius 3 is 2.48 bits per heavy atom. The Bertz CT molecular complexity index is 1070. The minimum absolute atomic E-state index is 0.115. The van der Waals surface area contributed by atoms with Crippen LogP contribution >= 0.6 is 0 Å². The molecule has 0 spiro atoms. The lowest BCUT2D eigenvalue weighted by Gasteiger charge is -2.42. The number of aryl methyl sites for hydroxylation is 1. The van der Waals surface area contributed by atoms with E-state index >= 15 is 0 Å². The Morgan fingerprint density at radius 2 is 1.74 bits per heavy atom. The van der Waals surface area contributed by atoms with Crippen molar-refractivity contribution in [1.82, 2.24) is 0 Å². The fourth-order valence-electron chi connectivity index (χ4n) is 4.80. The summed E-state index contributed by atoms with van der Waals surface area (Å²) in [7, 11) is -3.64. The van der Waals surface area contributed by atoms with Crippen molar-refractivity contribution in [2.75, 3.05) is 4.31 Å². The van der Waals surface area contributed by atoms with Crippen LogP contribution in [0.25, 0.3) is 0 Å². The number of fused-ring (bicyclic) bond motifs is 2. The van der Waals surface area contributed by atoms with E-state index in [9.17, 15) is 8.42 Å². The van der Waals surface area contributed by atoms with Gasteiger partial charge in [-0.3, -0.25) is 4.31 Å². The average molecular weight is 378 g/mol. The maximum atomic E-state index is 13.8. The molecular formula is C23H23NO2S. The highest BCUT2D eigenvalue weighted by molar-refractivity contribution is 7.93. The van der Waals surface area contributed by atoms with Crippen molar-refractivity contribution in [3.8, 4) is 0 Å². The first-order chi connectivity index (χ1) is 13.1. The second kappa shape index (κ2) is 6.10. The summed E-state index contributed by atoms with van der Waals surface area (Å²) in [5, 5.41) is 0. The van der Waals surface area contributed by atoms with Gasteiger partial charge in [0.2, 0.25) is 0 Å². The highest BCUT2D eigenvalue weighted by atomic mass is 32.2. The molecule has 0 radical (unpaired) electrons. The molecule has 3 unspecified atom stereocenters. The molecule has 3 atom stereocenters. The van der Waals surface area contributed by atoms with Gasteiger partial charge in [-0.05, 0) is 55.4 Å². The maximum absolute atomic E-state index is 13.8. The van der Waals surface area contributed by atoms with Crippen molar-refractivity contribution >= 4 is 15.7 Å². The van der Waals surface area contributed by atoms with Crippen LogP contribution in [0.1, 0.15) is 24.0 Å². The van der Waals surface area contributed by atoms with Gasteiger partial charge in [0.25, 0.3) is 10.0 Å². The van der Waals surface area contributed by atoms with Crippen molar-refractivity contribution in [1.29, 1.82) is 0 Å². The Hall–Kier alpha value is -2.33. The van der Waals surface area contributed by atoms with E-state index in [1.54, 1.807) is 16.4 Å². The molecule has 3 nitrogen and oxygen atoms in total. The van der Waals surface area contributed by atoms with Crippen molar-refractivity contribution in [2.45, 2.75) is 37.1 Å². The largest absolute Gasteiger partial charge is 0.265 e. The normalized spacial score (nSPS) is 26.2. The average Bonchev–Trinajstić information content (AvgIpc) is 3.01. The third kappa shape index (κ3) is 2.50. The molecular weight excluding hydrogens is 354 g/mol. The van der Waals surface area contributed by atoms with Crippen molar-refractivity contribution in [3.63, 3.8) is 0 Å². The summed E-state index contributed by atoms with van der Waals surface area (Å²) in [6.07, 6.45) is 9.91. The standard InChI is InChI=1S/C23H23NO2S/c1-16-7-2-5-12-23(16)27(25,26)24-21-11-4-3-8-18(21)15-20-19(13-14-22(20)24)17-9-6-10-17/h2-5,7-9,11-14,19-20,22H,6,10,15H2,1H3. The van der Waals surface area contributed by atoms with Crippen LogP contribution in [0.5, 0.6) is 0 Å². The quantitative estimate of drug-likeness (QED) is 0.731. The zero-order valence-corrected chi connectivity index (χ0v) is 16.2. The second-order valence-electron chi connectivity index (χ2n) is 7.78. The highest BCUT2D eigenvalue weighted by Crippen LogP contribution is 2.48. The van der Waals surface area contributed by atoms with E-state index in [0.29, 0.717) is 10.8 Å². The molecule has 2 aromatic carbocycles. The van der Waals surface area contributed by atoms with Gasteiger partial charge in [0, 0.05) is 5.92 Å². The predicted molar refractivity (Wildman–Crippen MR) is 108 cm³/mol. The van der Waals surface area contributed by atoms with Crippen molar-refractivity contribution < 1.29 is 8.42 Å². The SMILES string of the molecule is Cc1ccccc1S(=O)(=O)N1c2ccccc2CC2C(C3=CCC3)C=CC21. The number of hydrogen-bond donors (Lipinski definition) is 0. The lowest BCUT2D eigenvalue weighted by Crippen LogP contribution is -2.48. The molecule has 0 saturated carbocycles. The number of hydrogen-bond acceptors (Lipinski definition) is 2. The zero-order chi connectivity index (χ0) is 18.6. The molecule has 2 aromatic rings. The predicted octanol–water partition coefficient (Wildman–Crippen LogP) is 4.64. The Balaban J connectivity index is 1.66. The van der Waals surface area contributed by atoms with Gasteiger partial charge in [-0.1, -0.05) is 60.2 Å². The molecule has 27 heavy (non-hydrogen) atoms. The fourth-order valence-corrected chi connectivity index (χ4v) is 6.72. The van der Waals surface area contributed by atoms with Crippen LogP contribution in [0.3, 0.4) is 0 Å². The van der Waals surface area contributed by atoms with Crippen LogP contribution in [0.2, 0.25) is 0 Å². The lowest BCUT2D eigenvalue weighted by molar-refractivity contribution is 0.395. The summed E-state index contributed by atoms with van der Waals surface area (Å²) < 4.78 is 29.2. The van der Waals surface area contributed by atoms with E-state index < -0.39 is 10.0 Å². The molecule has 138 valence electrons. The number of rotatable bonds is 3. The third-order valence-corrected chi connectivity index (χ3v) is 8.24. The molecule has 3 aliphatic rings.